The fourth-order valence-corrected chi connectivity index (χ4v) is 2.60. The van der Waals surface area contributed by atoms with Crippen LogP contribution in [0.25, 0.3) is 5.57 Å². The fraction of sp³-hybridized carbons (Fsp3) is 0.235. The third kappa shape index (κ3) is 4.22. The number of nitrogens with zero attached hydrogens (tertiary/aromatic N) is 1. The van der Waals surface area contributed by atoms with E-state index < -0.39 is 57.9 Å². The van der Waals surface area contributed by atoms with Crippen LogP contribution in [0.1, 0.15) is 12.0 Å². The first-order chi connectivity index (χ1) is 13.0. The molecule has 11 nitrogen and oxygen atoms in total. The summed E-state index contributed by atoms with van der Waals surface area (Å²) in [6.45, 7) is -0.342. The summed E-state index contributed by atoms with van der Waals surface area (Å²) >= 11 is 0. The van der Waals surface area contributed by atoms with Crippen LogP contribution in [0.4, 0.5) is 0 Å². The molecule has 28 heavy (non-hydrogen) atoms. The van der Waals surface area contributed by atoms with Crippen molar-refractivity contribution in [2.45, 2.75) is 25.0 Å². The average Bonchev–Trinajstić information content (AvgIpc) is 2.61. The molecule has 0 saturated carbocycles. The molecule has 0 fully saturated rings. The summed E-state index contributed by atoms with van der Waals surface area (Å²) in [6.07, 6.45) is 3.75. The molecule has 2 unspecified atom stereocenters. The van der Waals surface area contributed by atoms with E-state index in [-0.39, 0.29) is 18.5 Å². The number of rotatable bonds is 7. The van der Waals surface area contributed by atoms with E-state index in [4.69, 9.17) is 21.7 Å². The Morgan fingerprint density at radius 1 is 1.00 bits per heavy atom. The zero-order valence-corrected chi connectivity index (χ0v) is 14.4. The van der Waals surface area contributed by atoms with Crippen molar-refractivity contribution >= 4 is 29.1 Å². The Morgan fingerprint density at radius 2 is 1.61 bits per heavy atom. The first-order valence-electron chi connectivity index (χ1n) is 7.93. The van der Waals surface area contributed by atoms with Crippen LogP contribution in [0.5, 0.6) is 5.75 Å². The van der Waals surface area contributed by atoms with E-state index in [1.807, 2.05) is 0 Å². The highest BCUT2D eigenvalue weighted by molar-refractivity contribution is 6.58. The molecule has 2 rings (SSSR count). The molecule has 1 aliphatic carbocycles. The van der Waals surface area contributed by atoms with E-state index in [1.165, 1.54) is 6.08 Å². The second-order valence-electron chi connectivity index (χ2n) is 6.10. The van der Waals surface area contributed by atoms with Crippen LogP contribution < -0.4 is 16.9 Å². The lowest BCUT2D eigenvalue weighted by Crippen LogP contribution is -2.35. The van der Waals surface area contributed by atoms with Gasteiger partial charge in [0.25, 0.3) is 0 Å². The van der Waals surface area contributed by atoms with E-state index >= 15 is 0 Å². The number of carboxylic acid groups (broad SMARTS) is 2. The van der Waals surface area contributed by atoms with Crippen LogP contribution >= 0.6 is 0 Å². The Kier molecular flexibility index (Phi) is 5.91. The van der Waals surface area contributed by atoms with Gasteiger partial charge in [0, 0.05) is 24.5 Å². The number of pyridine rings is 1. The van der Waals surface area contributed by atoms with E-state index in [0.29, 0.717) is 0 Å². The molecule has 2 atom stereocenters. The number of aromatic hydroxyl groups is 1. The summed E-state index contributed by atoms with van der Waals surface area (Å²) < 4.78 is 1.09. The minimum atomic E-state index is -1.41. The van der Waals surface area contributed by atoms with Gasteiger partial charge in [-0.1, -0.05) is 6.08 Å². The number of carboxylic acids is 2. The molecule has 1 aromatic heterocycles. The molecule has 0 spiro atoms. The van der Waals surface area contributed by atoms with E-state index in [0.717, 1.165) is 23.0 Å². The standard InChI is InChI=1S/C17H17N3O8/c18-9(16(25)26)3-7-1-2-11(21)15(24)13(7)8-4-20(5-10(19)17(27)28)6-12(22)14(8)23/h1-2,4,6,9-10,22H,3,5,18-19H2,(H,25,26)(H,27,28). The number of hydrogen-bond acceptors (Lipinski definition) is 8. The number of allylic oxidation sites excluding steroid dienone is 3. The van der Waals surface area contributed by atoms with Gasteiger partial charge in [-0.05, 0) is 18.1 Å². The summed E-state index contributed by atoms with van der Waals surface area (Å²) in [4.78, 5) is 58.5. The molecule has 0 bridgehead atoms. The molecular formula is C17H17N3O8. The van der Waals surface area contributed by atoms with Crippen LogP contribution in [0, 0.1) is 0 Å². The summed E-state index contributed by atoms with van der Waals surface area (Å²) in [5.41, 5.74) is 9.16. The molecule has 0 aromatic carbocycles. The van der Waals surface area contributed by atoms with Crippen molar-refractivity contribution in [3.63, 3.8) is 0 Å². The first kappa shape index (κ1) is 20.7. The van der Waals surface area contributed by atoms with Crippen LogP contribution in [0.3, 0.4) is 0 Å². The number of aromatic nitrogens is 1. The summed E-state index contributed by atoms with van der Waals surface area (Å²) in [5, 5.41) is 27.8. The first-order valence-corrected chi connectivity index (χ1v) is 7.93. The monoisotopic (exact) mass is 391 g/mol. The predicted octanol–water partition coefficient (Wildman–Crippen LogP) is -1.77. The number of nitrogens with two attached hydrogens (primary N) is 2. The highest BCUT2D eigenvalue weighted by atomic mass is 16.4. The largest absolute Gasteiger partial charge is 0.503 e. The zero-order chi connectivity index (χ0) is 21.2. The lowest BCUT2D eigenvalue weighted by Gasteiger charge is -2.18. The quantitative estimate of drug-likeness (QED) is 0.261. The van der Waals surface area contributed by atoms with Crippen molar-refractivity contribution in [2.24, 2.45) is 11.5 Å². The molecule has 0 saturated heterocycles. The van der Waals surface area contributed by atoms with Crippen LogP contribution in [-0.4, -0.2) is 55.5 Å². The number of hydrogen-bond donors (Lipinski definition) is 5. The molecular weight excluding hydrogens is 374 g/mol. The Balaban J connectivity index is 2.65. The smallest absolute Gasteiger partial charge is 0.322 e. The lowest BCUT2D eigenvalue weighted by molar-refractivity contribution is -0.139. The number of ketones is 2. The van der Waals surface area contributed by atoms with Crippen LogP contribution in [0.15, 0.2) is 34.9 Å². The highest BCUT2D eigenvalue weighted by Gasteiger charge is 2.30. The molecule has 0 radical (unpaired) electrons. The van der Waals surface area contributed by atoms with E-state index in [2.05, 4.69) is 0 Å². The van der Waals surface area contributed by atoms with Gasteiger partial charge in [-0.3, -0.25) is 24.0 Å². The van der Waals surface area contributed by atoms with Gasteiger partial charge in [0.15, 0.2) is 5.75 Å². The minimum absolute atomic E-state index is 0.0243. The lowest BCUT2D eigenvalue weighted by atomic mass is 9.87. The second-order valence-corrected chi connectivity index (χ2v) is 6.10. The average molecular weight is 391 g/mol. The molecule has 1 aromatic rings. The highest BCUT2D eigenvalue weighted by Crippen LogP contribution is 2.26. The van der Waals surface area contributed by atoms with E-state index in [9.17, 15) is 29.1 Å². The van der Waals surface area contributed by atoms with Crippen molar-refractivity contribution in [1.29, 1.82) is 0 Å². The Bertz CT molecular complexity index is 989. The fourth-order valence-electron chi connectivity index (χ4n) is 2.60. The number of Topliss-reactive ketones (excluding diaryl/α,β-unsaturated/α-hetero) is 1. The van der Waals surface area contributed by atoms with Crippen LogP contribution in [0.2, 0.25) is 0 Å². The molecule has 1 heterocycles. The third-order valence-corrected chi connectivity index (χ3v) is 4.02. The van der Waals surface area contributed by atoms with Crippen LogP contribution in [-0.2, 0) is 25.7 Å². The molecule has 1 aliphatic rings. The summed E-state index contributed by atoms with van der Waals surface area (Å²) in [7, 11) is 0. The van der Waals surface area contributed by atoms with Gasteiger partial charge >= 0.3 is 11.9 Å². The summed E-state index contributed by atoms with van der Waals surface area (Å²) in [5.74, 6) is -5.52. The van der Waals surface area contributed by atoms with Gasteiger partial charge in [-0.25, -0.2) is 0 Å². The number of carbonyl (C=O) groups excluding carboxylic acids is 2. The number of carbonyl (C=O) groups is 4. The maximum absolute atomic E-state index is 12.4. The van der Waals surface area contributed by atoms with Crippen molar-refractivity contribution in [2.75, 3.05) is 0 Å². The SMILES string of the molecule is NC(CC1=C(c2cn(CC(N)C(=O)O)cc(O)c2=O)C(=O)C(=O)C=C1)C(=O)O. The molecule has 11 heteroatoms. The van der Waals surface area contributed by atoms with Gasteiger partial charge in [0.05, 0.1) is 5.56 Å². The van der Waals surface area contributed by atoms with Gasteiger partial charge in [0.1, 0.15) is 12.1 Å². The Hall–Kier alpha value is -3.57. The summed E-state index contributed by atoms with van der Waals surface area (Å²) in [6, 6.07) is -2.78. The molecule has 148 valence electrons. The molecule has 0 aliphatic heterocycles. The second kappa shape index (κ2) is 7.98. The maximum atomic E-state index is 12.4. The Labute approximate surface area is 157 Å². The van der Waals surface area contributed by atoms with Gasteiger partial charge < -0.3 is 31.4 Å². The zero-order valence-electron chi connectivity index (χ0n) is 14.4. The van der Waals surface area contributed by atoms with Crippen molar-refractivity contribution in [1.82, 2.24) is 4.57 Å². The van der Waals surface area contributed by atoms with Crippen molar-refractivity contribution < 1.29 is 34.5 Å². The van der Waals surface area contributed by atoms with Crippen molar-refractivity contribution in [3.05, 3.63) is 45.9 Å². The van der Waals surface area contributed by atoms with E-state index in [1.54, 1.807) is 0 Å². The number of aliphatic carboxylic acids is 2. The predicted molar refractivity (Wildman–Crippen MR) is 94.3 cm³/mol. The normalized spacial score (nSPS) is 16.2. The van der Waals surface area contributed by atoms with Gasteiger partial charge in [-0.2, -0.15) is 0 Å². The Morgan fingerprint density at radius 3 is 2.18 bits per heavy atom. The van der Waals surface area contributed by atoms with Gasteiger partial charge in [0.2, 0.25) is 17.0 Å². The maximum Gasteiger partial charge on any atom is 0.322 e. The minimum Gasteiger partial charge on any atom is -0.503 e. The van der Waals surface area contributed by atoms with Crippen molar-refractivity contribution in [3.8, 4) is 5.75 Å². The van der Waals surface area contributed by atoms with Gasteiger partial charge in [-0.15, -0.1) is 0 Å². The topological polar surface area (TPSA) is 203 Å². The third-order valence-electron chi connectivity index (χ3n) is 4.02. The molecule has 7 N–H and O–H groups in total. The molecule has 0 amide bonds.